The van der Waals surface area contributed by atoms with Crippen LogP contribution < -0.4 is 4.90 Å². The van der Waals surface area contributed by atoms with Crippen molar-refractivity contribution in [2.24, 2.45) is 0 Å². The van der Waals surface area contributed by atoms with Crippen LogP contribution in [0.15, 0.2) is 164 Å². The molecule has 2 heterocycles. The third-order valence-corrected chi connectivity index (χ3v) is 11.1. The molecule has 0 fully saturated rings. The van der Waals surface area contributed by atoms with Gasteiger partial charge in [0.1, 0.15) is 0 Å². The van der Waals surface area contributed by atoms with E-state index in [2.05, 4.69) is 169 Å². The highest BCUT2D eigenvalue weighted by atomic mass is 32.1. The SMILES string of the molecule is c1ccc(N2c3ccccc3C3(c4ccccc4-c4cc(-c5cccc6c5sc5ccccc56)ccc43)c3ccccc32)cc1. The van der Waals surface area contributed by atoms with Crippen molar-refractivity contribution in [3.05, 3.63) is 186 Å². The molecule has 210 valence electrons. The summed E-state index contributed by atoms with van der Waals surface area (Å²) in [5, 5.41) is 2.67. The van der Waals surface area contributed by atoms with E-state index in [4.69, 9.17) is 0 Å². The van der Waals surface area contributed by atoms with Gasteiger partial charge >= 0.3 is 0 Å². The minimum atomic E-state index is -0.424. The largest absolute Gasteiger partial charge is 0.310 e. The molecule has 45 heavy (non-hydrogen) atoms. The Bertz CT molecular complexity index is 2400. The van der Waals surface area contributed by atoms with Gasteiger partial charge in [-0.25, -0.2) is 0 Å². The van der Waals surface area contributed by atoms with E-state index in [1.165, 1.54) is 81.7 Å². The highest BCUT2D eigenvalue weighted by Gasteiger charge is 2.51. The first-order valence-electron chi connectivity index (χ1n) is 15.5. The van der Waals surface area contributed by atoms with Gasteiger partial charge in [-0.05, 0) is 80.9 Å². The lowest BCUT2D eigenvalue weighted by atomic mass is 9.64. The minimum absolute atomic E-state index is 0.424. The van der Waals surface area contributed by atoms with E-state index in [-0.39, 0.29) is 0 Å². The van der Waals surface area contributed by atoms with Crippen molar-refractivity contribution >= 4 is 48.6 Å². The summed E-state index contributed by atoms with van der Waals surface area (Å²) < 4.78 is 2.69. The molecule has 0 atom stereocenters. The maximum atomic E-state index is 2.46. The van der Waals surface area contributed by atoms with Crippen LogP contribution in [0.2, 0.25) is 0 Å². The van der Waals surface area contributed by atoms with E-state index in [0.717, 1.165) is 0 Å². The molecule has 1 aromatic heterocycles. The summed E-state index contributed by atoms with van der Waals surface area (Å²) >= 11 is 1.90. The summed E-state index contributed by atoms with van der Waals surface area (Å²) in [6.45, 7) is 0. The lowest BCUT2D eigenvalue weighted by molar-refractivity contribution is 0.753. The number of para-hydroxylation sites is 3. The van der Waals surface area contributed by atoms with Crippen LogP contribution in [0.3, 0.4) is 0 Å². The predicted octanol–water partition coefficient (Wildman–Crippen LogP) is 11.9. The summed E-state index contributed by atoms with van der Waals surface area (Å²) in [6, 6.07) is 60.7. The number of anilines is 3. The third-order valence-electron chi connectivity index (χ3n) is 9.87. The maximum absolute atomic E-state index is 2.46. The average Bonchev–Trinajstić information content (AvgIpc) is 3.63. The molecule has 0 saturated heterocycles. The van der Waals surface area contributed by atoms with Gasteiger partial charge in [0.2, 0.25) is 0 Å². The molecule has 1 nitrogen and oxygen atoms in total. The van der Waals surface area contributed by atoms with E-state index < -0.39 is 5.41 Å². The first-order chi connectivity index (χ1) is 22.3. The van der Waals surface area contributed by atoms with Crippen LogP contribution in [-0.2, 0) is 5.41 Å². The molecule has 0 amide bonds. The second-order valence-corrected chi connectivity index (χ2v) is 13.1. The van der Waals surface area contributed by atoms with Crippen LogP contribution in [0.25, 0.3) is 42.4 Å². The number of fused-ring (bicyclic) bond motifs is 12. The van der Waals surface area contributed by atoms with Gasteiger partial charge in [-0.3, -0.25) is 0 Å². The van der Waals surface area contributed by atoms with Crippen LogP contribution in [0, 0.1) is 0 Å². The summed E-state index contributed by atoms with van der Waals surface area (Å²) in [5.74, 6) is 0. The molecule has 10 rings (SSSR count). The topological polar surface area (TPSA) is 3.24 Å². The van der Waals surface area contributed by atoms with Crippen LogP contribution >= 0.6 is 11.3 Å². The number of thiophene rings is 1. The predicted molar refractivity (Wildman–Crippen MR) is 190 cm³/mol. The van der Waals surface area contributed by atoms with Crippen LogP contribution in [0.5, 0.6) is 0 Å². The van der Waals surface area contributed by atoms with Crippen molar-refractivity contribution in [3.8, 4) is 22.3 Å². The van der Waals surface area contributed by atoms with Crippen molar-refractivity contribution < 1.29 is 0 Å². The summed E-state index contributed by atoms with van der Waals surface area (Å²) in [4.78, 5) is 2.44. The fraction of sp³-hybridized carbons (Fsp3) is 0.0233. The van der Waals surface area contributed by atoms with Gasteiger partial charge in [-0.15, -0.1) is 11.3 Å². The minimum Gasteiger partial charge on any atom is -0.310 e. The van der Waals surface area contributed by atoms with Gasteiger partial charge < -0.3 is 4.90 Å². The number of hydrogen-bond acceptors (Lipinski definition) is 2. The Hall–Kier alpha value is -5.44. The monoisotopic (exact) mass is 589 g/mol. The summed E-state index contributed by atoms with van der Waals surface area (Å²) in [6.07, 6.45) is 0. The Morgan fingerprint density at radius 2 is 1.02 bits per heavy atom. The van der Waals surface area contributed by atoms with Gasteiger partial charge in [0, 0.05) is 25.9 Å². The Morgan fingerprint density at radius 3 is 1.82 bits per heavy atom. The van der Waals surface area contributed by atoms with Crippen molar-refractivity contribution in [2.75, 3.05) is 4.90 Å². The average molecular weight is 590 g/mol. The smallest absolute Gasteiger partial charge is 0.0754 e. The molecule has 0 N–H and O–H groups in total. The molecular weight excluding hydrogens is 563 g/mol. The molecule has 1 aliphatic heterocycles. The van der Waals surface area contributed by atoms with E-state index in [1.54, 1.807) is 0 Å². The van der Waals surface area contributed by atoms with Crippen LogP contribution in [0.4, 0.5) is 17.1 Å². The van der Waals surface area contributed by atoms with E-state index in [0.29, 0.717) is 0 Å². The number of nitrogens with zero attached hydrogens (tertiary/aromatic N) is 1. The zero-order valence-electron chi connectivity index (χ0n) is 24.4. The van der Waals surface area contributed by atoms with Gasteiger partial charge in [-0.1, -0.05) is 127 Å². The van der Waals surface area contributed by atoms with Crippen LogP contribution in [0.1, 0.15) is 22.3 Å². The van der Waals surface area contributed by atoms with Gasteiger partial charge in [0.05, 0.1) is 16.8 Å². The molecule has 2 aliphatic rings. The number of rotatable bonds is 2. The van der Waals surface area contributed by atoms with Crippen molar-refractivity contribution in [3.63, 3.8) is 0 Å². The molecule has 0 bridgehead atoms. The summed E-state index contributed by atoms with van der Waals surface area (Å²) in [7, 11) is 0. The zero-order chi connectivity index (χ0) is 29.5. The fourth-order valence-corrected chi connectivity index (χ4v) is 9.35. The van der Waals surface area contributed by atoms with Crippen molar-refractivity contribution in [1.82, 2.24) is 0 Å². The molecule has 7 aromatic carbocycles. The third kappa shape index (κ3) is 3.27. The molecule has 1 spiro atoms. The molecular formula is C43H27NS. The molecule has 1 aliphatic carbocycles. The second kappa shape index (κ2) is 9.28. The van der Waals surface area contributed by atoms with E-state index in [1.807, 2.05) is 11.3 Å². The summed E-state index contributed by atoms with van der Waals surface area (Å²) in [5.41, 5.74) is 13.7. The molecule has 2 heteroatoms. The quantitative estimate of drug-likeness (QED) is 0.194. The lowest BCUT2D eigenvalue weighted by Gasteiger charge is -2.45. The highest BCUT2D eigenvalue weighted by Crippen LogP contribution is 2.63. The zero-order valence-corrected chi connectivity index (χ0v) is 25.3. The first kappa shape index (κ1) is 24.9. The molecule has 8 aromatic rings. The Morgan fingerprint density at radius 1 is 0.422 bits per heavy atom. The Labute approximate surface area is 266 Å². The van der Waals surface area contributed by atoms with Crippen molar-refractivity contribution in [2.45, 2.75) is 5.41 Å². The number of benzene rings is 7. The Balaban J connectivity index is 1.27. The Kier molecular flexibility index (Phi) is 5.14. The normalized spacial score (nSPS) is 13.9. The lowest BCUT2D eigenvalue weighted by Crippen LogP contribution is -2.36. The fourth-order valence-electron chi connectivity index (χ4n) is 8.11. The van der Waals surface area contributed by atoms with Gasteiger partial charge in [0.15, 0.2) is 0 Å². The molecule has 0 unspecified atom stereocenters. The maximum Gasteiger partial charge on any atom is 0.0754 e. The highest BCUT2D eigenvalue weighted by molar-refractivity contribution is 7.26. The van der Waals surface area contributed by atoms with Crippen LogP contribution in [-0.4, -0.2) is 0 Å². The van der Waals surface area contributed by atoms with Gasteiger partial charge in [-0.2, -0.15) is 0 Å². The van der Waals surface area contributed by atoms with Crippen molar-refractivity contribution in [1.29, 1.82) is 0 Å². The molecule has 0 radical (unpaired) electrons. The second-order valence-electron chi connectivity index (χ2n) is 12.0. The molecule has 0 saturated carbocycles. The standard InChI is InChI=1S/C43H27NS/c1-2-13-29(14-3-1)44-39-22-9-7-20-37(39)43(38-21-8-10-23-40(38)44)35-19-6-4-15-31(35)34-27-28(25-26-36(34)43)30-17-12-18-33-32-16-5-11-24-41(32)45-42(30)33/h1-27H. The van der Waals surface area contributed by atoms with Gasteiger partial charge in [0.25, 0.3) is 0 Å². The first-order valence-corrected chi connectivity index (χ1v) is 16.3. The number of hydrogen-bond donors (Lipinski definition) is 0. The van der Waals surface area contributed by atoms with E-state index in [9.17, 15) is 0 Å². The van der Waals surface area contributed by atoms with E-state index >= 15 is 0 Å².